The molecule has 1 aromatic heterocycles. The van der Waals surface area contributed by atoms with E-state index in [0.717, 1.165) is 12.1 Å². The van der Waals surface area contributed by atoms with Gasteiger partial charge in [-0.3, -0.25) is 10.1 Å². The van der Waals surface area contributed by atoms with E-state index in [-0.39, 0.29) is 16.7 Å². The summed E-state index contributed by atoms with van der Waals surface area (Å²) in [5.41, 5.74) is 1.13. The number of tetrazole rings is 1. The molecule has 3 aromatic rings. The van der Waals surface area contributed by atoms with Crippen molar-refractivity contribution in [3.05, 3.63) is 64.2 Å². The summed E-state index contributed by atoms with van der Waals surface area (Å²) < 4.78 is 42.0. The van der Waals surface area contributed by atoms with Crippen molar-refractivity contribution in [2.24, 2.45) is 0 Å². The van der Waals surface area contributed by atoms with Crippen LogP contribution in [0.15, 0.2) is 53.7 Å². The number of thioether (sulfide) groups is 1. The number of non-ortho nitro benzene ring substituents is 1. The normalized spacial score (nSPS) is 12.6. The zero-order chi connectivity index (χ0) is 20.3. The number of nitro benzene ring substituents is 1. The molecule has 0 amide bonds. The van der Waals surface area contributed by atoms with Crippen LogP contribution in [-0.2, 0) is 0 Å². The smallest absolute Gasteiger partial charge is 0.406 e. The van der Waals surface area contributed by atoms with Crippen molar-refractivity contribution < 1.29 is 22.8 Å². The second kappa shape index (κ2) is 7.84. The fourth-order valence-electron chi connectivity index (χ4n) is 2.32. The lowest BCUT2D eigenvalue weighted by Gasteiger charge is -2.12. The number of aromatic nitrogens is 4. The summed E-state index contributed by atoms with van der Waals surface area (Å²) in [6.45, 7) is 1.84. The van der Waals surface area contributed by atoms with Crippen LogP contribution in [0.25, 0.3) is 5.69 Å². The van der Waals surface area contributed by atoms with Gasteiger partial charge in [0.25, 0.3) is 5.69 Å². The molecule has 0 saturated heterocycles. The van der Waals surface area contributed by atoms with Gasteiger partial charge in [0.2, 0.25) is 5.16 Å². The van der Waals surface area contributed by atoms with Crippen molar-refractivity contribution in [2.75, 3.05) is 0 Å². The van der Waals surface area contributed by atoms with Crippen LogP contribution in [0.1, 0.15) is 17.7 Å². The molecule has 0 bridgehead atoms. The third-order valence-corrected chi connectivity index (χ3v) is 4.68. The van der Waals surface area contributed by atoms with E-state index in [1.54, 1.807) is 12.1 Å². The molecule has 0 N–H and O–H groups in total. The topological polar surface area (TPSA) is 96.0 Å². The first-order chi connectivity index (χ1) is 13.2. The van der Waals surface area contributed by atoms with Gasteiger partial charge < -0.3 is 4.74 Å². The summed E-state index contributed by atoms with van der Waals surface area (Å²) in [7, 11) is 0. The molecule has 0 aliphatic rings. The largest absolute Gasteiger partial charge is 0.573 e. The number of rotatable bonds is 6. The van der Waals surface area contributed by atoms with E-state index >= 15 is 0 Å². The molecule has 8 nitrogen and oxygen atoms in total. The van der Waals surface area contributed by atoms with Gasteiger partial charge in [0, 0.05) is 17.4 Å². The van der Waals surface area contributed by atoms with Crippen LogP contribution in [0.4, 0.5) is 18.9 Å². The van der Waals surface area contributed by atoms with E-state index in [9.17, 15) is 23.3 Å². The standard InChI is InChI=1S/C16H12F3N5O3S/c1-10(11-3-2-4-13(9-11)24(25)26)28-15-20-21-22-23(15)12-5-7-14(8-6-12)27-16(17,18)19/h2-10H,1H3/t10-/m1/s1. The minimum atomic E-state index is -4.77. The van der Waals surface area contributed by atoms with E-state index < -0.39 is 11.3 Å². The number of hydrogen-bond donors (Lipinski definition) is 0. The maximum absolute atomic E-state index is 12.3. The number of nitrogens with zero attached hydrogens (tertiary/aromatic N) is 5. The fraction of sp³-hybridized carbons (Fsp3) is 0.188. The summed E-state index contributed by atoms with van der Waals surface area (Å²) in [5.74, 6) is -0.358. The molecule has 0 aliphatic heterocycles. The summed E-state index contributed by atoms with van der Waals surface area (Å²) in [4.78, 5) is 10.5. The van der Waals surface area contributed by atoms with Gasteiger partial charge in [-0.2, -0.15) is 4.68 Å². The van der Waals surface area contributed by atoms with Crippen LogP contribution in [0.5, 0.6) is 5.75 Å². The van der Waals surface area contributed by atoms with Gasteiger partial charge in [-0.1, -0.05) is 23.9 Å². The second-order valence-electron chi connectivity index (χ2n) is 5.53. The lowest BCUT2D eigenvalue weighted by atomic mass is 10.1. The van der Waals surface area contributed by atoms with Gasteiger partial charge >= 0.3 is 6.36 Å². The Balaban J connectivity index is 1.78. The number of halogens is 3. The van der Waals surface area contributed by atoms with E-state index in [4.69, 9.17) is 0 Å². The van der Waals surface area contributed by atoms with Crippen molar-refractivity contribution >= 4 is 17.4 Å². The Hall–Kier alpha value is -3.15. The molecule has 146 valence electrons. The van der Waals surface area contributed by atoms with Crippen molar-refractivity contribution in [1.29, 1.82) is 0 Å². The molecule has 2 aromatic carbocycles. The number of benzene rings is 2. The van der Waals surface area contributed by atoms with E-state index in [1.807, 2.05) is 6.92 Å². The van der Waals surface area contributed by atoms with Crippen molar-refractivity contribution in [3.8, 4) is 11.4 Å². The molecule has 3 rings (SSSR count). The molecule has 1 atom stereocenters. The molecule has 0 saturated carbocycles. The molecular weight excluding hydrogens is 399 g/mol. The lowest BCUT2D eigenvalue weighted by molar-refractivity contribution is -0.384. The Labute approximate surface area is 160 Å². The molecule has 28 heavy (non-hydrogen) atoms. The highest BCUT2D eigenvalue weighted by Crippen LogP contribution is 2.35. The van der Waals surface area contributed by atoms with Gasteiger partial charge in [0.15, 0.2) is 0 Å². The molecule has 0 fully saturated rings. The molecule has 0 unspecified atom stereocenters. The summed E-state index contributed by atoms with van der Waals surface area (Å²) in [6, 6.07) is 11.3. The van der Waals surface area contributed by atoms with Gasteiger partial charge in [0.05, 0.1) is 10.6 Å². The van der Waals surface area contributed by atoms with Crippen molar-refractivity contribution in [3.63, 3.8) is 0 Å². The first-order valence-electron chi connectivity index (χ1n) is 7.78. The van der Waals surface area contributed by atoms with Crippen molar-refractivity contribution in [2.45, 2.75) is 23.7 Å². The van der Waals surface area contributed by atoms with Crippen LogP contribution >= 0.6 is 11.8 Å². The zero-order valence-electron chi connectivity index (χ0n) is 14.2. The lowest BCUT2D eigenvalue weighted by Crippen LogP contribution is -2.17. The summed E-state index contributed by atoms with van der Waals surface area (Å²) >= 11 is 1.25. The van der Waals surface area contributed by atoms with Crippen LogP contribution < -0.4 is 4.74 Å². The first kappa shape index (κ1) is 19.6. The Morgan fingerprint density at radius 3 is 2.57 bits per heavy atom. The molecule has 12 heteroatoms. The minimum Gasteiger partial charge on any atom is -0.406 e. The first-order valence-corrected chi connectivity index (χ1v) is 8.66. The third-order valence-electron chi connectivity index (χ3n) is 3.59. The minimum absolute atomic E-state index is 0.0233. The van der Waals surface area contributed by atoms with E-state index in [0.29, 0.717) is 16.4 Å². The Kier molecular flexibility index (Phi) is 5.49. The van der Waals surface area contributed by atoms with E-state index in [2.05, 4.69) is 20.3 Å². The molecule has 1 heterocycles. The number of alkyl halides is 3. The molecule has 0 aliphatic carbocycles. The maximum Gasteiger partial charge on any atom is 0.573 e. The molecule has 0 spiro atoms. The van der Waals surface area contributed by atoms with Gasteiger partial charge in [-0.05, 0) is 47.2 Å². The highest BCUT2D eigenvalue weighted by Gasteiger charge is 2.31. The molecule has 0 radical (unpaired) electrons. The highest BCUT2D eigenvalue weighted by atomic mass is 32.2. The zero-order valence-corrected chi connectivity index (χ0v) is 15.0. The Bertz CT molecular complexity index is 978. The van der Waals surface area contributed by atoms with Gasteiger partial charge in [0.1, 0.15) is 5.75 Å². The predicted molar refractivity (Wildman–Crippen MR) is 93.2 cm³/mol. The molecular formula is C16H12F3N5O3S. The average molecular weight is 411 g/mol. The number of ether oxygens (including phenoxy) is 1. The van der Waals surface area contributed by atoms with Crippen LogP contribution in [-0.4, -0.2) is 31.5 Å². The van der Waals surface area contributed by atoms with Gasteiger partial charge in [-0.25, -0.2) is 0 Å². The quantitative estimate of drug-likeness (QED) is 0.338. The summed E-state index contributed by atoms with van der Waals surface area (Å²) in [6.07, 6.45) is -4.77. The van der Waals surface area contributed by atoms with Crippen molar-refractivity contribution in [1.82, 2.24) is 20.2 Å². The third kappa shape index (κ3) is 4.76. The van der Waals surface area contributed by atoms with E-state index in [1.165, 1.54) is 40.7 Å². The van der Waals surface area contributed by atoms with Gasteiger partial charge in [-0.15, -0.1) is 18.3 Å². The second-order valence-corrected chi connectivity index (χ2v) is 6.84. The summed E-state index contributed by atoms with van der Waals surface area (Å²) in [5, 5.41) is 22.5. The predicted octanol–water partition coefficient (Wildman–Crippen LogP) is 4.32. The number of hydrogen-bond acceptors (Lipinski definition) is 7. The van der Waals surface area contributed by atoms with Crippen LogP contribution in [0.2, 0.25) is 0 Å². The van der Waals surface area contributed by atoms with Crippen LogP contribution in [0, 0.1) is 10.1 Å². The SMILES string of the molecule is C[C@@H](Sc1nnnn1-c1ccc(OC(F)(F)F)cc1)c1cccc([N+](=O)[O-])c1. The monoisotopic (exact) mass is 411 g/mol. The Morgan fingerprint density at radius 2 is 1.93 bits per heavy atom. The average Bonchev–Trinajstić information content (AvgIpc) is 3.09. The van der Waals surface area contributed by atoms with Crippen LogP contribution in [0.3, 0.4) is 0 Å². The Morgan fingerprint density at radius 1 is 1.21 bits per heavy atom. The fourth-order valence-corrected chi connectivity index (χ4v) is 3.25. The maximum atomic E-state index is 12.3. The number of nitro groups is 1. The highest BCUT2D eigenvalue weighted by molar-refractivity contribution is 7.99.